The number of aliphatic hydroxyl groups is 1. The maximum atomic E-state index is 13.5. The number of anilines is 1. The number of aliphatic hydroxyl groups excluding tert-OH is 1. The van der Waals surface area contributed by atoms with Crippen LogP contribution in [0.15, 0.2) is 36.5 Å². The molecule has 9 heteroatoms. The molecule has 0 bridgehead atoms. The van der Waals surface area contributed by atoms with E-state index in [-0.39, 0.29) is 48.4 Å². The van der Waals surface area contributed by atoms with Gasteiger partial charge in [-0.3, -0.25) is 4.79 Å². The number of urea groups is 1. The normalized spacial score (nSPS) is 17.9. The molecule has 9 nitrogen and oxygen atoms in total. The number of aromatic nitrogens is 1. The topological polar surface area (TPSA) is 104 Å². The standard InChI is InChI=1S/C28H36N4O5/c1-18(2)11-12-21-13-22-26(29-14-21)37-25(19(3)15-32(27(22)34)20(4)17-33)16-31(5)28(35)30-23-9-7-8-10-24(23)36-6/h7-10,13-14,18-20,25,33H,15-17H2,1-6H3,(H,30,35)/t19-,20-,25+/m1/s1. The zero-order valence-corrected chi connectivity index (χ0v) is 22.3. The van der Waals surface area contributed by atoms with Gasteiger partial charge in [-0.2, -0.15) is 0 Å². The summed E-state index contributed by atoms with van der Waals surface area (Å²) in [7, 11) is 3.22. The molecular weight excluding hydrogens is 472 g/mol. The van der Waals surface area contributed by atoms with E-state index in [2.05, 4.69) is 22.1 Å². The monoisotopic (exact) mass is 508 g/mol. The highest BCUT2D eigenvalue weighted by atomic mass is 16.5. The first-order chi connectivity index (χ1) is 17.6. The van der Waals surface area contributed by atoms with Gasteiger partial charge in [0, 0.05) is 37.2 Å². The molecule has 2 heterocycles. The summed E-state index contributed by atoms with van der Waals surface area (Å²) in [5, 5.41) is 12.7. The van der Waals surface area contributed by atoms with E-state index in [0.717, 1.165) is 0 Å². The van der Waals surface area contributed by atoms with Gasteiger partial charge in [-0.15, -0.1) is 0 Å². The largest absolute Gasteiger partial charge is 0.495 e. The molecule has 0 unspecified atom stereocenters. The van der Waals surface area contributed by atoms with Crippen LogP contribution in [-0.2, 0) is 0 Å². The maximum absolute atomic E-state index is 13.5. The van der Waals surface area contributed by atoms with Gasteiger partial charge < -0.3 is 29.7 Å². The van der Waals surface area contributed by atoms with Gasteiger partial charge in [-0.1, -0.05) is 44.7 Å². The van der Waals surface area contributed by atoms with E-state index in [4.69, 9.17) is 9.47 Å². The molecule has 2 N–H and O–H groups in total. The van der Waals surface area contributed by atoms with E-state index < -0.39 is 12.1 Å². The van der Waals surface area contributed by atoms with Crippen LogP contribution in [0.3, 0.4) is 0 Å². The molecule has 1 aliphatic heterocycles. The van der Waals surface area contributed by atoms with Gasteiger partial charge in [0.25, 0.3) is 5.91 Å². The molecule has 0 fully saturated rings. The van der Waals surface area contributed by atoms with Crippen molar-refractivity contribution in [2.45, 2.75) is 39.8 Å². The fourth-order valence-electron chi connectivity index (χ4n) is 3.93. The zero-order chi connectivity index (χ0) is 27.1. The Labute approximate surface area is 218 Å². The number of hydrogen-bond donors (Lipinski definition) is 2. The number of benzene rings is 1. The van der Waals surface area contributed by atoms with E-state index >= 15 is 0 Å². The Morgan fingerprint density at radius 2 is 2.08 bits per heavy atom. The van der Waals surface area contributed by atoms with Gasteiger partial charge in [-0.05, 0) is 25.1 Å². The summed E-state index contributed by atoms with van der Waals surface area (Å²) >= 11 is 0. The van der Waals surface area contributed by atoms with Crippen molar-refractivity contribution in [3.63, 3.8) is 0 Å². The van der Waals surface area contributed by atoms with Crippen LogP contribution in [-0.4, -0.2) is 77.8 Å². The number of ether oxygens (including phenoxy) is 2. The van der Waals surface area contributed by atoms with E-state index in [1.807, 2.05) is 32.9 Å². The number of amides is 3. The van der Waals surface area contributed by atoms with Crippen molar-refractivity contribution in [1.29, 1.82) is 0 Å². The molecule has 0 aliphatic carbocycles. The number of nitrogens with one attached hydrogen (secondary N) is 1. The van der Waals surface area contributed by atoms with Crippen LogP contribution in [0.2, 0.25) is 0 Å². The maximum Gasteiger partial charge on any atom is 0.321 e. The molecule has 2 aromatic rings. The van der Waals surface area contributed by atoms with Crippen LogP contribution in [0, 0.1) is 23.7 Å². The minimum Gasteiger partial charge on any atom is -0.495 e. The first kappa shape index (κ1) is 27.8. The van der Waals surface area contributed by atoms with Gasteiger partial charge in [0.15, 0.2) is 0 Å². The third kappa shape index (κ3) is 6.92. The Balaban J connectivity index is 1.89. The lowest BCUT2D eigenvalue weighted by molar-refractivity contribution is 0.0356. The van der Waals surface area contributed by atoms with Crippen molar-refractivity contribution in [2.75, 3.05) is 39.2 Å². The third-order valence-corrected chi connectivity index (χ3v) is 6.18. The average molecular weight is 509 g/mol. The summed E-state index contributed by atoms with van der Waals surface area (Å²) in [5.41, 5.74) is 1.46. The quantitative estimate of drug-likeness (QED) is 0.579. The molecule has 1 aromatic carbocycles. The fraction of sp³-hybridized carbons (Fsp3) is 0.464. The average Bonchev–Trinajstić information content (AvgIpc) is 2.89. The Bertz CT molecular complexity index is 1170. The second-order valence-corrected chi connectivity index (χ2v) is 9.63. The second kappa shape index (κ2) is 12.5. The number of pyridine rings is 1. The highest BCUT2D eigenvalue weighted by Gasteiger charge is 2.34. The van der Waals surface area contributed by atoms with Crippen LogP contribution in [0.1, 0.15) is 43.6 Å². The highest BCUT2D eigenvalue weighted by molar-refractivity contribution is 5.97. The zero-order valence-electron chi connectivity index (χ0n) is 22.3. The number of nitrogens with zero attached hydrogens (tertiary/aromatic N) is 3. The molecule has 0 saturated heterocycles. The number of rotatable bonds is 6. The lowest BCUT2D eigenvalue weighted by Gasteiger charge is -2.37. The van der Waals surface area contributed by atoms with Crippen molar-refractivity contribution in [2.24, 2.45) is 11.8 Å². The number of para-hydroxylation sites is 2. The van der Waals surface area contributed by atoms with E-state index in [0.29, 0.717) is 23.5 Å². The van der Waals surface area contributed by atoms with Gasteiger partial charge in [0.1, 0.15) is 17.4 Å². The van der Waals surface area contributed by atoms with Crippen LogP contribution in [0.5, 0.6) is 11.6 Å². The first-order valence-corrected chi connectivity index (χ1v) is 12.4. The number of hydrogen-bond acceptors (Lipinski definition) is 6. The second-order valence-electron chi connectivity index (χ2n) is 9.63. The summed E-state index contributed by atoms with van der Waals surface area (Å²) in [6, 6.07) is 8.12. The van der Waals surface area contributed by atoms with Crippen LogP contribution in [0.4, 0.5) is 10.5 Å². The van der Waals surface area contributed by atoms with Crippen molar-refractivity contribution < 1.29 is 24.2 Å². The van der Waals surface area contributed by atoms with Crippen molar-refractivity contribution >= 4 is 17.6 Å². The number of carbonyl (C=O) groups is 2. The third-order valence-electron chi connectivity index (χ3n) is 6.18. The number of carbonyl (C=O) groups excluding carboxylic acids is 2. The lowest BCUT2D eigenvalue weighted by atomic mass is 10.00. The smallest absolute Gasteiger partial charge is 0.321 e. The van der Waals surface area contributed by atoms with E-state index in [1.54, 1.807) is 50.4 Å². The summed E-state index contributed by atoms with van der Waals surface area (Å²) in [5.74, 6) is 6.61. The van der Waals surface area contributed by atoms with Crippen LogP contribution >= 0.6 is 0 Å². The minimum absolute atomic E-state index is 0.158. The lowest BCUT2D eigenvalue weighted by Crippen LogP contribution is -2.50. The van der Waals surface area contributed by atoms with Gasteiger partial charge >= 0.3 is 6.03 Å². The fourth-order valence-corrected chi connectivity index (χ4v) is 3.93. The first-order valence-electron chi connectivity index (χ1n) is 12.4. The number of likely N-dealkylation sites (N-methyl/N-ethyl adjacent to an activating group) is 1. The summed E-state index contributed by atoms with van der Waals surface area (Å²) < 4.78 is 11.6. The Hall–Kier alpha value is -3.77. The molecule has 1 aliphatic rings. The van der Waals surface area contributed by atoms with Gasteiger partial charge in [0.2, 0.25) is 5.88 Å². The Kier molecular flexibility index (Phi) is 9.36. The van der Waals surface area contributed by atoms with E-state index in [1.165, 1.54) is 4.90 Å². The van der Waals surface area contributed by atoms with Crippen LogP contribution in [0.25, 0.3) is 0 Å². The highest BCUT2D eigenvalue weighted by Crippen LogP contribution is 2.28. The molecular formula is C28H36N4O5. The van der Waals surface area contributed by atoms with Crippen molar-refractivity contribution in [1.82, 2.24) is 14.8 Å². The summed E-state index contributed by atoms with van der Waals surface area (Å²) in [4.78, 5) is 34.1. The van der Waals surface area contributed by atoms with Gasteiger partial charge in [0.05, 0.1) is 32.0 Å². The Morgan fingerprint density at radius 3 is 2.76 bits per heavy atom. The predicted octanol–water partition coefficient (Wildman–Crippen LogP) is 3.48. The van der Waals surface area contributed by atoms with Crippen LogP contribution < -0.4 is 14.8 Å². The van der Waals surface area contributed by atoms with Crippen molar-refractivity contribution in [3.05, 3.63) is 47.7 Å². The van der Waals surface area contributed by atoms with Gasteiger partial charge in [-0.25, -0.2) is 9.78 Å². The molecule has 0 spiro atoms. The minimum atomic E-state index is -0.464. The predicted molar refractivity (Wildman–Crippen MR) is 142 cm³/mol. The molecule has 0 radical (unpaired) electrons. The molecule has 3 atom stereocenters. The Morgan fingerprint density at radius 1 is 1.35 bits per heavy atom. The molecule has 37 heavy (non-hydrogen) atoms. The molecule has 1 aromatic heterocycles. The molecule has 0 saturated carbocycles. The molecule has 198 valence electrons. The molecule has 3 rings (SSSR count). The summed E-state index contributed by atoms with van der Waals surface area (Å²) in [6.07, 6.45) is 1.12. The SMILES string of the molecule is COc1ccccc1NC(=O)N(C)C[C@@H]1Oc2ncc(C#CC(C)C)cc2C(=O)N([C@H](C)CO)C[C@H]1C. The number of methoxy groups -OCH3 is 1. The molecule has 3 amide bonds. The summed E-state index contributed by atoms with van der Waals surface area (Å²) in [6.45, 7) is 8.13. The number of fused-ring (bicyclic) bond motifs is 1. The van der Waals surface area contributed by atoms with Crippen molar-refractivity contribution in [3.8, 4) is 23.5 Å². The van der Waals surface area contributed by atoms with E-state index in [9.17, 15) is 14.7 Å².